The molecule has 0 saturated carbocycles. The Morgan fingerprint density at radius 2 is 2.32 bits per heavy atom. The molecule has 0 spiro atoms. The van der Waals surface area contributed by atoms with Crippen molar-refractivity contribution in [2.75, 3.05) is 30.5 Å². The summed E-state index contributed by atoms with van der Waals surface area (Å²) >= 11 is 0. The lowest BCUT2D eigenvalue weighted by atomic mass is 10.0. The van der Waals surface area contributed by atoms with E-state index in [9.17, 15) is 10.1 Å². The molecule has 0 aromatic carbocycles. The Bertz CT molecular complexity index is 449. The van der Waals surface area contributed by atoms with E-state index in [1.54, 1.807) is 0 Å². The van der Waals surface area contributed by atoms with Crippen LogP contribution in [0.25, 0.3) is 0 Å². The number of aromatic nitrogens is 2. The third-order valence-electron chi connectivity index (χ3n) is 2.95. The summed E-state index contributed by atoms with van der Waals surface area (Å²) in [7, 11) is 0. The molecule has 1 aliphatic rings. The summed E-state index contributed by atoms with van der Waals surface area (Å²) in [6.07, 6.45) is 3.27. The van der Waals surface area contributed by atoms with Gasteiger partial charge in [-0.25, -0.2) is 15.8 Å². The Hall–Kier alpha value is -2.00. The van der Waals surface area contributed by atoms with Gasteiger partial charge in [-0.3, -0.25) is 10.1 Å². The zero-order valence-corrected chi connectivity index (χ0v) is 10.3. The van der Waals surface area contributed by atoms with Crippen LogP contribution in [0.2, 0.25) is 0 Å². The van der Waals surface area contributed by atoms with E-state index in [2.05, 4.69) is 20.7 Å². The van der Waals surface area contributed by atoms with Gasteiger partial charge in [0.05, 0.1) is 11.5 Å². The summed E-state index contributed by atoms with van der Waals surface area (Å²) in [6, 6.07) is 0. The molecule has 104 valence electrons. The van der Waals surface area contributed by atoms with Crippen LogP contribution < -0.4 is 16.6 Å². The van der Waals surface area contributed by atoms with Crippen molar-refractivity contribution in [2.24, 2.45) is 11.8 Å². The second kappa shape index (κ2) is 6.25. The van der Waals surface area contributed by atoms with E-state index in [1.807, 2.05) is 0 Å². The largest absolute Gasteiger partial charge is 0.381 e. The summed E-state index contributed by atoms with van der Waals surface area (Å²) in [5.41, 5.74) is 1.95. The highest BCUT2D eigenvalue weighted by molar-refractivity contribution is 5.68. The summed E-state index contributed by atoms with van der Waals surface area (Å²) in [6.45, 7) is 2.02. The van der Waals surface area contributed by atoms with Crippen LogP contribution in [0.5, 0.6) is 0 Å². The minimum absolute atomic E-state index is 0.0117. The molecule has 0 aliphatic carbocycles. The maximum Gasteiger partial charge on any atom is 0.354 e. The maximum atomic E-state index is 11.0. The van der Waals surface area contributed by atoms with E-state index < -0.39 is 4.92 Å². The number of nitrogens with one attached hydrogen (secondary N) is 2. The Morgan fingerprint density at radius 1 is 1.53 bits per heavy atom. The fourth-order valence-corrected chi connectivity index (χ4v) is 2.00. The molecule has 2 rings (SSSR count). The first-order valence-electron chi connectivity index (χ1n) is 6.00. The molecule has 0 amide bonds. The number of rotatable bonds is 5. The number of nitrogens with two attached hydrogens (primary N) is 1. The Labute approximate surface area is 109 Å². The van der Waals surface area contributed by atoms with Crippen molar-refractivity contribution in [3.05, 3.63) is 16.4 Å². The van der Waals surface area contributed by atoms with E-state index >= 15 is 0 Å². The van der Waals surface area contributed by atoms with Crippen molar-refractivity contribution in [1.82, 2.24) is 9.97 Å². The van der Waals surface area contributed by atoms with Gasteiger partial charge >= 0.3 is 5.69 Å². The standard InChI is InChI=1S/C10H16N6O3/c11-15-10-8(16(17)18)9(13-6-14-10)12-4-7-2-1-3-19-5-7/h6-7H,1-5,11H2,(H2,12,13,14,15). The SMILES string of the molecule is NNc1ncnc(NCC2CCCOC2)c1[N+](=O)[O-]. The molecule has 1 atom stereocenters. The second-order valence-corrected chi connectivity index (χ2v) is 4.29. The molecule has 9 nitrogen and oxygen atoms in total. The molecule has 4 N–H and O–H groups in total. The van der Waals surface area contributed by atoms with Crippen LogP contribution in [-0.4, -0.2) is 34.6 Å². The first-order chi connectivity index (χ1) is 9.22. The maximum absolute atomic E-state index is 11.0. The number of hydrogen-bond donors (Lipinski definition) is 3. The molecular weight excluding hydrogens is 252 g/mol. The zero-order chi connectivity index (χ0) is 13.7. The third-order valence-corrected chi connectivity index (χ3v) is 2.95. The smallest absolute Gasteiger partial charge is 0.354 e. The van der Waals surface area contributed by atoms with E-state index in [0.717, 1.165) is 19.4 Å². The fraction of sp³-hybridized carbons (Fsp3) is 0.600. The minimum atomic E-state index is -0.561. The predicted molar refractivity (Wildman–Crippen MR) is 68.5 cm³/mol. The average molecular weight is 268 g/mol. The Kier molecular flexibility index (Phi) is 4.42. The van der Waals surface area contributed by atoms with Gasteiger partial charge in [-0.1, -0.05) is 0 Å². The third kappa shape index (κ3) is 3.26. The van der Waals surface area contributed by atoms with Crippen molar-refractivity contribution >= 4 is 17.3 Å². The first-order valence-corrected chi connectivity index (χ1v) is 6.00. The molecule has 19 heavy (non-hydrogen) atoms. The molecule has 1 aliphatic heterocycles. The van der Waals surface area contributed by atoms with Gasteiger partial charge in [0, 0.05) is 13.2 Å². The quantitative estimate of drug-likeness (QED) is 0.400. The van der Waals surface area contributed by atoms with Gasteiger partial charge in [0.2, 0.25) is 11.6 Å². The van der Waals surface area contributed by atoms with Crippen LogP contribution in [0.15, 0.2) is 6.33 Å². The van der Waals surface area contributed by atoms with E-state index in [4.69, 9.17) is 10.6 Å². The number of ether oxygens (including phenoxy) is 1. The molecule has 1 aromatic rings. The van der Waals surface area contributed by atoms with Crippen LogP contribution in [0.3, 0.4) is 0 Å². The summed E-state index contributed by atoms with van der Waals surface area (Å²) in [5, 5.41) is 14.0. The average Bonchev–Trinajstić information content (AvgIpc) is 2.45. The Morgan fingerprint density at radius 3 is 2.95 bits per heavy atom. The number of hydrazine groups is 1. The lowest BCUT2D eigenvalue weighted by Crippen LogP contribution is -2.25. The summed E-state index contributed by atoms with van der Waals surface area (Å²) < 4.78 is 5.35. The lowest BCUT2D eigenvalue weighted by molar-refractivity contribution is -0.383. The van der Waals surface area contributed by atoms with Crippen molar-refractivity contribution in [3.8, 4) is 0 Å². The highest BCUT2D eigenvalue weighted by atomic mass is 16.6. The van der Waals surface area contributed by atoms with Gasteiger partial charge in [0.15, 0.2) is 0 Å². The normalized spacial score (nSPS) is 18.9. The molecule has 1 aromatic heterocycles. The predicted octanol–water partition coefficient (Wildman–Crippen LogP) is 0.509. The van der Waals surface area contributed by atoms with Gasteiger partial charge in [0.1, 0.15) is 6.33 Å². The molecule has 0 radical (unpaired) electrons. The second-order valence-electron chi connectivity index (χ2n) is 4.29. The van der Waals surface area contributed by atoms with Crippen LogP contribution in [0.1, 0.15) is 12.8 Å². The van der Waals surface area contributed by atoms with Crippen molar-refractivity contribution in [3.63, 3.8) is 0 Å². The first kappa shape index (κ1) is 13.4. The number of nitrogen functional groups attached to an aromatic ring is 1. The zero-order valence-electron chi connectivity index (χ0n) is 10.3. The van der Waals surface area contributed by atoms with E-state index in [-0.39, 0.29) is 17.3 Å². The number of hydrogen-bond acceptors (Lipinski definition) is 8. The highest BCUT2D eigenvalue weighted by Gasteiger charge is 2.23. The molecule has 1 saturated heterocycles. The van der Waals surface area contributed by atoms with E-state index in [1.165, 1.54) is 6.33 Å². The van der Waals surface area contributed by atoms with Crippen LogP contribution >= 0.6 is 0 Å². The van der Waals surface area contributed by atoms with Crippen molar-refractivity contribution in [2.45, 2.75) is 12.8 Å². The van der Waals surface area contributed by atoms with Crippen LogP contribution in [0.4, 0.5) is 17.3 Å². The Balaban J connectivity index is 2.08. The van der Waals surface area contributed by atoms with Gasteiger partial charge < -0.3 is 15.5 Å². The monoisotopic (exact) mass is 268 g/mol. The van der Waals surface area contributed by atoms with Crippen molar-refractivity contribution < 1.29 is 9.66 Å². The summed E-state index contributed by atoms with van der Waals surface area (Å²) in [4.78, 5) is 18.1. The lowest BCUT2D eigenvalue weighted by Gasteiger charge is -2.22. The van der Waals surface area contributed by atoms with Gasteiger partial charge in [-0.2, -0.15) is 0 Å². The van der Waals surface area contributed by atoms with Gasteiger partial charge in [0.25, 0.3) is 0 Å². The number of nitrogens with zero attached hydrogens (tertiary/aromatic N) is 3. The number of anilines is 2. The van der Waals surface area contributed by atoms with Gasteiger partial charge in [-0.05, 0) is 18.8 Å². The molecule has 9 heteroatoms. The molecule has 1 unspecified atom stereocenters. The fourth-order valence-electron chi connectivity index (χ4n) is 2.00. The van der Waals surface area contributed by atoms with Crippen LogP contribution in [0, 0.1) is 16.0 Å². The topological polar surface area (TPSA) is 128 Å². The molecular formula is C10H16N6O3. The highest BCUT2D eigenvalue weighted by Crippen LogP contribution is 2.28. The van der Waals surface area contributed by atoms with Gasteiger partial charge in [-0.15, -0.1) is 0 Å². The molecule has 1 fully saturated rings. The van der Waals surface area contributed by atoms with Crippen LogP contribution in [-0.2, 0) is 4.74 Å². The summed E-state index contributed by atoms with van der Waals surface area (Å²) in [5.74, 6) is 5.69. The minimum Gasteiger partial charge on any atom is -0.381 e. The van der Waals surface area contributed by atoms with E-state index in [0.29, 0.717) is 19.1 Å². The number of nitro groups is 1. The molecule has 2 heterocycles. The molecule has 0 bridgehead atoms. The van der Waals surface area contributed by atoms with Crippen molar-refractivity contribution in [1.29, 1.82) is 0 Å².